The summed E-state index contributed by atoms with van der Waals surface area (Å²) in [7, 11) is 0. The summed E-state index contributed by atoms with van der Waals surface area (Å²) < 4.78 is 0. The Balaban J connectivity index is 3.29. The average molecular weight is 155 g/mol. The van der Waals surface area contributed by atoms with Gasteiger partial charge in [-0.05, 0) is 24.5 Å². The number of hydrogen-bond donors (Lipinski definition) is 0. The molecule has 0 amide bonds. The van der Waals surface area contributed by atoms with Gasteiger partial charge in [0.05, 0.1) is 0 Å². The van der Waals surface area contributed by atoms with Crippen molar-refractivity contribution in [2.24, 2.45) is 16.8 Å². The predicted molar refractivity (Wildman–Crippen MR) is 52.3 cm³/mol. The molecule has 66 valence electrons. The van der Waals surface area contributed by atoms with Gasteiger partial charge in [0.2, 0.25) is 0 Å². The highest BCUT2D eigenvalue weighted by Crippen LogP contribution is 2.00. The van der Waals surface area contributed by atoms with Gasteiger partial charge in [-0.25, -0.2) is 0 Å². The van der Waals surface area contributed by atoms with Gasteiger partial charge in [0.25, 0.3) is 0 Å². The molecule has 0 fully saturated rings. The van der Waals surface area contributed by atoms with Gasteiger partial charge < -0.3 is 0 Å². The van der Waals surface area contributed by atoms with Crippen molar-refractivity contribution in [3.05, 3.63) is 0 Å². The van der Waals surface area contributed by atoms with Gasteiger partial charge >= 0.3 is 0 Å². The summed E-state index contributed by atoms with van der Waals surface area (Å²) >= 11 is 0. The Hall–Kier alpha value is -0.330. The summed E-state index contributed by atoms with van der Waals surface area (Å²) in [5, 5.41) is 0. The van der Waals surface area contributed by atoms with Crippen LogP contribution in [-0.4, -0.2) is 12.8 Å². The summed E-state index contributed by atoms with van der Waals surface area (Å²) in [6, 6.07) is 0. The van der Waals surface area contributed by atoms with Crippen molar-refractivity contribution in [1.82, 2.24) is 0 Å². The largest absolute Gasteiger partial charge is 0.297 e. The van der Waals surface area contributed by atoms with E-state index >= 15 is 0 Å². The highest BCUT2D eigenvalue weighted by atomic mass is 14.7. The maximum atomic E-state index is 4.36. The summed E-state index contributed by atoms with van der Waals surface area (Å²) in [5.74, 6) is 1.49. The van der Waals surface area contributed by atoms with E-state index in [-0.39, 0.29) is 0 Å². The zero-order chi connectivity index (χ0) is 8.69. The lowest BCUT2D eigenvalue weighted by atomic mass is 10.1. The van der Waals surface area contributed by atoms with E-state index in [9.17, 15) is 0 Å². The van der Waals surface area contributed by atoms with Gasteiger partial charge in [-0.2, -0.15) is 0 Å². The summed E-state index contributed by atoms with van der Waals surface area (Å²) in [6.07, 6.45) is 4.42. The van der Waals surface area contributed by atoms with Crippen LogP contribution in [0.5, 0.6) is 0 Å². The monoisotopic (exact) mass is 155 g/mol. The molecular weight excluding hydrogens is 134 g/mol. The zero-order valence-electron chi connectivity index (χ0n) is 8.30. The first kappa shape index (κ1) is 10.7. The molecule has 11 heavy (non-hydrogen) atoms. The Bertz CT molecular complexity index is 105. The lowest BCUT2D eigenvalue weighted by molar-refractivity contribution is 0.576. The maximum Gasteiger partial charge on any atom is 0.0410 e. The second-order valence-corrected chi connectivity index (χ2v) is 3.69. The first-order valence-corrected chi connectivity index (χ1v) is 4.65. The van der Waals surface area contributed by atoms with Gasteiger partial charge in [0, 0.05) is 6.54 Å². The number of nitrogens with zero attached hydrogens (tertiary/aromatic N) is 1. The van der Waals surface area contributed by atoms with E-state index in [0.717, 1.165) is 24.8 Å². The minimum absolute atomic E-state index is 0.746. The molecule has 0 aliphatic heterocycles. The van der Waals surface area contributed by atoms with E-state index in [1.165, 1.54) is 6.42 Å². The molecule has 1 nitrogen and oxygen atoms in total. The maximum absolute atomic E-state index is 4.36. The quantitative estimate of drug-likeness (QED) is 0.541. The Morgan fingerprint density at radius 3 is 2.36 bits per heavy atom. The Labute approximate surface area is 70.9 Å². The van der Waals surface area contributed by atoms with Gasteiger partial charge in [0.1, 0.15) is 0 Å². The van der Waals surface area contributed by atoms with Crippen LogP contribution >= 0.6 is 0 Å². The van der Waals surface area contributed by atoms with Gasteiger partial charge in [-0.1, -0.05) is 34.1 Å². The van der Waals surface area contributed by atoms with Crippen molar-refractivity contribution in [2.45, 2.75) is 40.5 Å². The van der Waals surface area contributed by atoms with E-state index in [0.29, 0.717) is 0 Å². The third-order valence-electron chi connectivity index (χ3n) is 1.82. The third kappa shape index (κ3) is 7.57. The van der Waals surface area contributed by atoms with Crippen LogP contribution in [0.1, 0.15) is 40.5 Å². The van der Waals surface area contributed by atoms with E-state index in [1.54, 1.807) is 0 Å². The summed E-state index contributed by atoms with van der Waals surface area (Å²) in [4.78, 5) is 4.36. The highest BCUT2D eigenvalue weighted by molar-refractivity contribution is 5.57. The van der Waals surface area contributed by atoms with Crippen LogP contribution in [0.3, 0.4) is 0 Å². The van der Waals surface area contributed by atoms with Crippen molar-refractivity contribution in [3.63, 3.8) is 0 Å². The second-order valence-electron chi connectivity index (χ2n) is 3.69. The molecule has 0 saturated heterocycles. The first-order chi connectivity index (χ1) is 5.16. The Kier molecular flexibility index (Phi) is 6.19. The lowest BCUT2D eigenvalue weighted by Crippen LogP contribution is -1.97. The SMILES string of the molecule is CC[C@@H](C)CN=CCC(C)C. The van der Waals surface area contributed by atoms with Gasteiger partial charge in [-0.15, -0.1) is 0 Å². The highest BCUT2D eigenvalue weighted by Gasteiger charge is 1.94. The molecule has 0 heterocycles. The smallest absolute Gasteiger partial charge is 0.0410 e. The van der Waals surface area contributed by atoms with Crippen molar-refractivity contribution in [1.29, 1.82) is 0 Å². The molecule has 0 saturated carbocycles. The molecule has 0 aliphatic rings. The fraction of sp³-hybridized carbons (Fsp3) is 0.900. The van der Waals surface area contributed by atoms with E-state index in [4.69, 9.17) is 0 Å². The topological polar surface area (TPSA) is 12.4 Å². The van der Waals surface area contributed by atoms with Crippen LogP contribution < -0.4 is 0 Å². The number of rotatable bonds is 5. The third-order valence-corrected chi connectivity index (χ3v) is 1.82. The van der Waals surface area contributed by atoms with Crippen LogP contribution in [0.2, 0.25) is 0 Å². The molecule has 0 radical (unpaired) electrons. The number of hydrogen-bond acceptors (Lipinski definition) is 1. The van der Waals surface area contributed by atoms with Crippen molar-refractivity contribution >= 4 is 6.21 Å². The molecular formula is C10H21N. The molecule has 1 atom stereocenters. The lowest BCUT2D eigenvalue weighted by Gasteiger charge is -2.02. The van der Waals surface area contributed by atoms with Crippen LogP contribution in [0.4, 0.5) is 0 Å². The molecule has 0 aliphatic carbocycles. The minimum Gasteiger partial charge on any atom is -0.297 e. The van der Waals surface area contributed by atoms with Crippen LogP contribution in [0.15, 0.2) is 4.99 Å². The fourth-order valence-electron chi connectivity index (χ4n) is 0.669. The second kappa shape index (κ2) is 6.38. The molecule has 0 bridgehead atoms. The summed E-state index contributed by atoms with van der Waals surface area (Å²) in [5.41, 5.74) is 0. The van der Waals surface area contributed by atoms with Crippen molar-refractivity contribution < 1.29 is 0 Å². The minimum atomic E-state index is 0.746. The normalized spacial score (nSPS) is 14.6. The fourth-order valence-corrected chi connectivity index (χ4v) is 0.669. The first-order valence-electron chi connectivity index (χ1n) is 4.65. The predicted octanol–water partition coefficient (Wildman–Crippen LogP) is 3.15. The van der Waals surface area contributed by atoms with E-state index < -0.39 is 0 Å². The molecule has 0 aromatic rings. The molecule has 0 spiro atoms. The molecule has 0 unspecified atom stereocenters. The van der Waals surface area contributed by atoms with E-state index in [2.05, 4.69) is 38.9 Å². The average Bonchev–Trinajstić information content (AvgIpc) is 1.97. The Morgan fingerprint density at radius 2 is 1.91 bits per heavy atom. The molecule has 0 aromatic heterocycles. The summed E-state index contributed by atoms with van der Waals surface area (Å²) in [6.45, 7) is 9.89. The zero-order valence-corrected chi connectivity index (χ0v) is 8.30. The standard InChI is InChI=1S/C10H21N/c1-5-10(4)8-11-7-6-9(2)3/h7,9-10H,5-6,8H2,1-4H3/t10-/m1/s1. The van der Waals surface area contributed by atoms with Gasteiger partial charge in [0.15, 0.2) is 0 Å². The van der Waals surface area contributed by atoms with Crippen LogP contribution in [0.25, 0.3) is 0 Å². The van der Waals surface area contributed by atoms with E-state index in [1.807, 2.05) is 0 Å². The van der Waals surface area contributed by atoms with Crippen molar-refractivity contribution in [2.75, 3.05) is 6.54 Å². The van der Waals surface area contributed by atoms with Crippen LogP contribution in [-0.2, 0) is 0 Å². The molecule has 0 N–H and O–H groups in total. The van der Waals surface area contributed by atoms with Gasteiger partial charge in [-0.3, -0.25) is 4.99 Å². The molecule has 0 aromatic carbocycles. The Morgan fingerprint density at radius 1 is 1.27 bits per heavy atom. The molecule has 0 rings (SSSR count). The van der Waals surface area contributed by atoms with Crippen molar-refractivity contribution in [3.8, 4) is 0 Å². The number of aliphatic imine (C=N–C) groups is 1. The van der Waals surface area contributed by atoms with Crippen LogP contribution in [0, 0.1) is 11.8 Å². The molecule has 1 heteroatoms.